The van der Waals surface area contributed by atoms with Crippen LogP contribution in [0.2, 0.25) is 0 Å². The molecule has 0 aliphatic carbocycles. The summed E-state index contributed by atoms with van der Waals surface area (Å²) in [6.07, 6.45) is -1.03. The second-order valence-electron chi connectivity index (χ2n) is 2.71. The Balaban J connectivity index is 2.53. The number of carboxylic acid groups (broad SMARTS) is 1. The Bertz CT molecular complexity index is 293. The SMILES string of the molecule is NS(=O)(=O)N1CCN(C(=O)O)CC1. The topological polar surface area (TPSA) is 104 Å². The van der Waals surface area contributed by atoms with Crippen LogP contribution in [-0.4, -0.2) is 55.0 Å². The fourth-order valence-electron chi connectivity index (χ4n) is 1.13. The summed E-state index contributed by atoms with van der Waals surface area (Å²) in [4.78, 5) is 11.6. The highest BCUT2D eigenvalue weighted by molar-refractivity contribution is 7.86. The largest absolute Gasteiger partial charge is 0.465 e. The molecule has 0 aromatic carbocycles. The first kappa shape index (κ1) is 10.2. The molecule has 1 fully saturated rings. The fraction of sp³-hybridized carbons (Fsp3) is 0.800. The number of carbonyl (C=O) groups is 1. The van der Waals surface area contributed by atoms with Crippen LogP contribution in [0.3, 0.4) is 0 Å². The molecule has 0 spiro atoms. The van der Waals surface area contributed by atoms with Crippen molar-refractivity contribution in [3.63, 3.8) is 0 Å². The Morgan fingerprint density at radius 3 is 2.00 bits per heavy atom. The van der Waals surface area contributed by atoms with E-state index in [1.165, 1.54) is 0 Å². The summed E-state index contributed by atoms with van der Waals surface area (Å²) < 4.78 is 22.7. The van der Waals surface area contributed by atoms with Gasteiger partial charge in [0.05, 0.1) is 0 Å². The molecule has 76 valence electrons. The zero-order valence-electron chi connectivity index (χ0n) is 6.88. The van der Waals surface area contributed by atoms with E-state index >= 15 is 0 Å². The van der Waals surface area contributed by atoms with Gasteiger partial charge in [0.1, 0.15) is 0 Å². The van der Waals surface area contributed by atoms with E-state index in [0.29, 0.717) is 0 Å². The normalized spacial score (nSPS) is 20.2. The minimum Gasteiger partial charge on any atom is -0.465 e. The summed E-state index contributed by atoms with van der Waals surface area (Å²) in [5.74, 6) is 0. The standard InChI is InChI=1S/C5H11N3O4S/c6-13(11,12)8-3-1-7(2-4-8)5(9)10/h1-4H2,(H,9,10)(H2,6,11,12). The van der Waals surface area contributed by atoms with Crippen molar-refractivity contribution in [2.24, 2.45) is 5.14 Å². The average Bonchev–Trinajstić information content (AvgIpc) is 2.03. The molecule has 13 heavy (non-hydrogen) atoms. The van der Waals surface area contributed by atoms with E-state index in [1.54, 1.807) is 0 Å². The maximum atomic E-state index is 10.8. The molecule has 1 amide bonds. The molecule has 0 bridgehead atoms. The molecule has 7 nitrogen and oxygen atoms in total. The van der Waals surface area contributed by atoms with Crippen LogP contribution in [0.4, 0.5) is 4.79 Å². The number of hydrogen-bond donors (Lipinski definition) is 2. The Morgan fingerprint density at radius 2 is 1.69 bits per heavy atom. The first-order valence-corrected chi connectivity index (χ1v) is 5.17. The van der Waals surface area contributed by atoms with Crippen LogP contribution in [0.1, 0.15) is 0 Å². The highest BCUT2D eigenvalue weighted by Crippen LogP contribution is 2.03. The lowest BCUT2D eigenvalue weighted by Crippen LogP contribution is -2.51. The average molecular weight is 209 g/mol. The fourth-order valence-corrected chi connectivity index (χ4v) is 1.81. The van der Waals surface area contributed by atoms with E-state index in [-0.39, 0.29) is 26.2 Å². The molecule has 0 unspecified atom stereocenters. The molecule has 1 rings (SSSR count). The summed E-state index contributed by atoms with van der Waals surface area (Å²) in [6.45, 7) is 0.605. The van der Waals surface area contributed by atoms with Crippen molar-refractivity contribution in [3.8, 4) is 0 Å². The third-order valence-corrected chi connectivity index (χ3v) is 2.95. The van der Waals surface area contributed by atoms with Gasteiger partial charge in [0.15, 0.2) is 0 Å². The minimum absolute atomic E-state index is 0.130. The Morgan fingerprint density at radius 1 is 1.23 bits per heavy atom. The van der Waals surface area contributed by atoms with Gasteiger partial charge in [0.25, 0.3) is 10.2 Å². The molecule has 1 aliphatic rings. The first-order chi connectivity index (χ1) is 5.91. The van der Waals surface area contributed by atoms with Crippen molar-refractivity contribution in [2.75, 3.05) is 26.2 Å². The van der Waals surface area contributed by atoms with Crippen molar-refractivity contribution in [3.05, 3.63) is 0 Å². The summed E-state index contributed by atoms with van der Waals surface area (Å²) >= 11 is 0. The molecule has 0 radical (unpaired) electrons. The van der Waals surface area contributed by atoms with Crippen LogP contribution < -0.4 is 5.14 Å². The molecule has 0 aromatic rings. The zero-order valence-corrected chi connectivity index (χ0v) is 7.70. The zero-order chi connectivity index (χ0) is 10.1. The van der Waals surface area contributed by atoms with Crippen molar-refractivity contribution >= 4 is 16.3 Å². The number of hydrogen-bond acceptors (Lipinski definition) is 3. The van der Waals surface area contributed by atoms with E-state index in [4.69, 9.17) is 10.2 Å². The van der Waals surface area contributed by atoms with Crippen LogP contribution in [0.5, 0.6) is 0 Å². The molecular formula is C5H11N3O4S. The molecule has 8 heteroatoms. The van der Waals surface area contributed by atoms with E-state index < -0.39 is 16.3 Å². The molecule has 1 saturated heterocycles. The van der Waals surface area contributed by atoms with Crippen LogP contribution in [-0.2, 0) is 10.2 Å². The van der Waals surface area contributed by atoms with Crippen LogP contribution in [0, 0.1) is 0 Å². The highest BCUT2D eigenvalue weighted by atomic mass is 32.2. The number of amides is 1. The predicted molar refractivity (Wildman–Crippen MR) is 44.3 cm³/mol. The van der Waals surface area contributed by atoms with Gasteiger partial charge in [-0.15, -0.1) is 0 Å². The quantitative estimate of drug-likeness (QED) is 0.547. The number of piperazine rings is 1. The van der Waals surface area contributed by atoms with Gasteiger partial charge in [-0.1, -0.05) is 0 Å². The van der Waals surface area contributed by atoms with E-state index in [2.05, 4.69) is 0 Å². The monoisotopic (exact) mass is 209 g/mol. The molecule has 0 aromatic heterocycles. The molecular weight excluding hydrogens is 198 g/mol. The van der Waals surface area contributed by atoms with Crippen molar-refractivity contribution < 1.29 is 18.3 Å². The second-order valence-corrected chi connectivity index (χ2v) is 4.26. The molecule has 1 aliphatic heterocycles. The number of rotatable bonds is 1. The van der Waals surface area contributed by atoms with Gasteiger partial charge in [0, 0.05) is 26.2 Å². The summed E-state index contributed by atoms with van der Waals surface area (Å²) in [7, 11) is -3.66. The van der Waals surface area contributed by atoms with Crippen molar-refractivity contribution in [1.82, 2.24) is 9.21 Å². The van der Waals surface area contributed by atoms with Gasteiger partial charge >= 0.3 is 6.09 Å². The first-order valence-electron chi connectivity index (χ1n) is 3.67. The minimum atomic E-state index is -3.66. The summed E-state index contributed by atoms with van der Waals surface area (Å²) in [5, 5.41) is 13.4. The predicted octanol–water partition coefficient (Wildman–Crippen LogP) is -1.51. The van der Waals surface area contributed by atoms with Gasteiger partial charge in [-0.3, -0.25) is 0 Å². The summed E-state index contributed by atoms with van der Waals surface area (Å²) in [6, 6.07) is 0. The number of nitrogens with two attached hydrogens (primary N) is 1. The lowest BCUT2D eigenvalue weighted by molar-refractivity contribution is 0.126. The molecule has 0 atom stereocenters. The van der Waals surface area contributed by atoms with Gasteiger partial charge in [-0.25, -0.2) is 9.93 Å². The third-order valence-electron chi connectivity index (χ3n) is 1.87. The smallest absolute Gasteiger partial charge is 0.407 e. The van der Waals surface area contributed by atoms with Gasteiger partial charge in [-0.2, -0.15) is 12.7 Å². The van der Waals surface area contributed by atoms with Crippen LogP contribution in [0.15, 0.2) is 0 Å². The Hall–Kier alpha value is -0.860. The lowest BCUT2D eigenvalue weighted by Gasteiger charge is -2.30. The lowest BCUT2D eigenvalue weighted by atomic mass is 10.4. The highest BCUT2D eigenvalue weighted by Gasteiger charge is 2.25. The van der Waals surface area contributed by atoms with E-state index in [9.17, 15) is 13.2 Å². The van der Waals surface area contributed by atoms with Crippen molar-refractivity contribution in [2.45, 2.75) is 0 Å². The second kappa shape index (κ2) is 3.48. The number of nitrogens with zero attached hydrogens (tertiary/aromatic N) is 2. The van der Waals surface area contributed by atoms with Crippen LogP contribution >= 0.6 is 0 Å². The van der Waals surface area contributed by atoms with Crippen LogP contribution in [0.25, 0.3) is 0 Å². The van der Waals surface area contributed by atoms with Gasteiger partial charge in [-0.05, 0) is 0 Å². The Kier molecular flexibility index (Phi) is 2.74. The molecule has 3 N–H and O–H groups in total. The third kappa shape index (κ3) is 2.54. The van der Waals surface area contributed by atoms with Gasteiger partial charge < -0.3 is 10.0 Å². The Labute approximate surface area is 75.9 Å². The maximum Gasteiger partial charge on any atom is 0.407 e. The van der Waals surface area contributed by atoms with Gasteiger partial charge in [0.2, 0.25) is 0 Å². The molecule has 1 heterocycles. The van der Waals surface area contributed by atoms with Crippen molar-refractivity contribution in [1.29, 1.82) is 0 Å². The maximum absolute atomic E-state index is 10.8. The molecule has 0 saturated carbocycles. The van der Waals surface area contributed by atoms with E-state index in [1.807, 2.05) is 0 Å². The van der Waals surface area contributed by atoms with E-state index in [0.717, 1.165) is 9.21 Å². The summed E-state index contributed by atoms with van der Waals surface area (Å²) in [5.41, 5.74) is 0.